The number of hydrogen-bond donors (Lipinski definition) is 1. The Labute approximate surface area is 93.9 Å². The second-order valence-electron chi connectivity index (χ2n) is 2.28. The summed E-state index contributed by atoms with van der Waals surface area (Å²) in [5, 5.41) is 0. The Morgan fingerprint density at radius 3 is 1.92 bits per heavy atom. The van der Waals surface area contributed by atoms with Crippen molar-refractivity contribution in [2.24, 2.45) is 0 Å². The van der Waals surface area contributed by atoms with Crippen molar-refractivity contribution in [3.05, 3.63) is 0 Å². The third kappa shape index (κ3) is 3.65. The third-order valence-corrected chi connectivity index (χ3v) is 8.80. The molecule has 0 spiro atoms. The van der Waals surface area contributed by atoms with Gasteiger partial charge in [0.1, 0.15) is 0 Å². The summed E-state index contributed by atoms with van der Waals surface area (Å²) in [6, 6.07) is 0. The summed E-state index contributed by atoms with van der Waals surface area (Å²) in [4.78, 5) is 0.231. The Hall–Kier alpha value is 1.15. The van der Waals surface area contributed by atoms with Crippen molar-refractivity contribution >= 4 is 41.1 Å². The maximum atomic E-state index is 5.37. The van der Waals surface area contributed by atoms with Crippen LogP contribution in [0.3, 0.4) is 0 Å². The van der Waals surface area contributed by atoms with E-state index in [0.29, 0.717) is 0 Å². The van der Waals surface area contributed by atoms with E-state index in [0.717, 1.165) is 6.42 Å². The highest BCUT2D eigenvalue weighted by molar-refractivity contribution is 9.05. The van der Waals surface area contributed by atoms with Gasteiger partial charge in [0.2, 0.25) is 0 Å². The predicted octanol–water partition coefficient (Wildman–Crippen LogP) is 2.41. The van der Waals surface area contributed by atoms with Crippen molar-refractivity contribution in [2.75, 3.05) is 21.3 Å². The van der Waals surface area contributed by atoms with Crippen LogP contribution in [0.5, 0.6) is 0 Å². The van der Waals surface area contributed by atoms with Crippen LogP contribution in [-0.4, -0.2) is 35.0 Å². The fourth-order valence-electron chi connectivity index (χ4n) is 1.07. The molecule has 3 nitrogen and oxygen atoms in total. The molecule has 7 heteroatoms. The molecular formula is C6H16O3S3Si. The average molecular weight is 260 g/mol. The quantitative estimate of drug-likeness (QED) is 0.431. The van der Waals surface area contributed by atoms with Gasteiger partial charge in [-0.3, -0.25) is 0 Å². The molecule has 80 valence electrons. The van der Waals surface area contributed by atoms with Gasteiger partial charge in [0, 0.05) is 21.3 Å². The largest absolute Gasteiger partial charge is 0.514 e. The van der Waals surface area contributed by atoms with E-state index in [1.807, 2.05) is 0 Å². The zero-order valence-corrected chi connectivity index (χ0v) is 11.8. The zero-order valence-electron chi connectivity index (χ0n) is 8.27. The molecule has 1 atom stereocenters. The normalized spacial score (nSPS) is 14.5. The molecule has 0 radical (unpaired) electrons. The topological polar surface area (TPSA) is 27.7 Å². The van der Waals surface area contributed by atoms with E-state index in [1.54, 1.807) is 32.1 Å². The summed E-state index contributed by atoms with van der Waals surface area (Å²) in [6.07, 6.45) is 0.944. The van der Waals surface area contributed by atoms with Crippen molar-refractivity contribution in [3.8, 4) is 0 Å². The highest BCUT2D eigenvalue weighted by Gasteiger charge is 2.46. The van der Waals surface area contributed by atoms with Crippen molar-refractivity contribution in [1.82, 2.24) is 0 Å². The summed E-state index contributed by atoms with van der Waals surface area (Å²) < 4.78 is 16.1. The van der Waals surface area contributed by atoms with Crippen LogP contribution in [0.4, 0.5) is 0 Å². The first-order valence-electron chi connectivity index (χ1n) is 3.83. The monoisotopic (exact) mass is 260 g/mol. The SMILES string of the molecule is CCC(SSS)[Si](OC)(OC)OC. The molecule has 0 aliphatic heterocycles. The highest BCUT2D eigenvalue weighted by Crippen LogP contribution is 2.37. The molecule has 0 aromatic heterocycles. The molecular weight excluding hydrogens is 244 g/mol. The van der Waals surface area contributed by atoms with Crippen molar-refractivity contribution < 1.29 is 13.3 Å². The number of hydrogen-bond acceptors (Lipinski definition) is 6. The maximum absolute atomic E-state index is 5.37. The molecule has 0 saturated carbocycles. The first-order valence-corrected chi connectivity index (χ1v) is 8.89. The first-order chi connectivity index (χ1) is 6.20. The lowest BCUT2D eigenvalue weighted by Crippen LogP contribution is -2.52. The van der Waals surface area contributed by atoms with Gasteiger partial charge in [-0.05, 0) is 16.2 Å². The minimum Gasteiger partial charge on any atom is -0.376 e. The van der Waals surface area contributed by atoms with E-state index in [9.17, 15) is 0 Å². The number of rotatable bonds is 7. The standard InChI is InChI=1S/C6H16O3S3Si/c1-5-6(11-12-10)13(7-2,8-3)9-4/h6,10H,5H2,1-4H3. The van der Waals surface area contributed by atoms with Crippen LogP contribution in [0.25, 0.3) is 0 Å². The second kappa shape index (κ2) is 7.44. The van der Waals surface area contributed by atoms with Crippen LogP contribution in [0.1, 0.15) is 13.3 Å². The average Bonchev–Trinajstić information content (AvgIpc) is 2.19. The molecule has 0 amide bonds. The van der Waals surface area contributed by atoms with E-state index >= 15 is 0 Å². The summed E-state index contributed by atoms with van der Waals surface area (Å²) in [7, 11) is 5.45. The van der Waals surface area contributed by atoms with Gasteiger partial charge in [0.25, 0.3) is 0 Å². The van der Waals surface area contributed by atoms with E-state index in [-0.39, 0.29) is 4.87 Å². The minimum atomic E-state index is -2.47. The molecule has 0 aromatic carbocycles. The first kappa shape index (κ1) is 14.1. The van der Waals surface area contributed by atoms with Crippen molar-refractivity contribution in [1.29, 1.82) is 0 Å². The molecule has 0 aliphatic carbocycles. The van der Waals surface area contributed by atoms with Gasteiger partial charge >= 0.3 is 8.80 Å². The Kier molecular flexibility index (Phi) is 8.10. The van der Waals surface area contributed by atoms with E-state index in [4.69, 9.17) is 13.3 Å². The minimum absolute atomic E-state index is 0.231. The zero-order chi connectivity index (χ0) is 10.3. The fourth-order valence-corrected chi connectivity index (χ4v) is 8.32. The second-order valence-corrected chi connectivity index (χ2v) is 9.11. The van der Waals surface area contributed by atoms with E-state index in [1.165, 1.54) is 9.83 Å². The Morgan fingerprint density at radius 2 is 1.69 bits per heavy atom. The molecule has 0 heterocycles. The Morgan fingerprint density at radius 1 is 1.23 bits per heavy atom. The summed E-state index contributed by atoms with van der Waals surface area (Å²) in [5.74, 6) is 0. The third-order valence-electron chi connectivity index (χ3n) is 1.78. The molecule has 0 rings (SSSR count). The molecule has 0 aliphatic rings. The smallest absolute Gasteiger partial charge is 0.376 e. The van der Waals surface area contributed by atoms with Gasteiger partial charge < -0.3 is 13.3 Å². The van der Waals surface area contributed by atoms with Gasteiger partial charge in [0.05, 0.1) is 4.87 Å². The molecule has 0 aromatic rings. The fraction of sp³-hybridized carbons (Fsp3) is 1.00. The van der Waals surface area contributed by atoms with Crippen LogP contribution in [0, 0.1) is 0 Å². The summed E-state index contributed by atoms with van der Waals surface area (Å²) in [6.45, 7) is 2.08. The summed E-state index contributed by atoms with van der Waals surface area (Å²) in [5.41, 5.74) is 0. The van der Waals surface area contributed by atoms with Crippen LogP contribution in [-0.2, 0) is 13.3 Å². The Bertz CT molecular complexity index is 126. The van der Waals surface area contributed by atoms with Gasteiger partial charge in [-0.2, -0.15) is 0 Å². The van der Waals surface area contributed by atoms with Gasteiger partial charge in [-0.25, -0.2) is 0 Å². The highest BCUT2D eigenvalue weighted by atomic mass is 33.5. The van der Waals surface area contributed by atoms with Crippen LogP contribution in [0.15, 0.2) is 0 Å². The Balaban J connectivity index is 4.45. The van der Waals surface area contributed by atoms with Crippen molar-refractivity contribution in [3.63, 3.8) is 0 Å². The molecule has 13 heavy (non-hydrogen) atoms. The number of thiol groups is 1. The maximum Gasteiger partial charge on any atom is 0.514 e. The molecule has 0 N–H and O–H groups in total. The lowest BCUT2D eigenvalue weighted by Gasteiger charge is -2.30. The molecule has 1 unspecified atom stereocenters. The lowest BCUT2D eigenvalue weighted by atomic mass is 10.6. The van der Waals surface area contributed by atoms with Crippen LogP contribution < -0.4 is 0 Å². The van der Waals surface area contributed by atoms with Crippen molar-refractivity contribution in [2.45, 2.75) is 18.2 Å². The molecule has 0 fully saturated rings. The van der Waals surface area contributed by atoms with Crippen LogP contribution >= 0.6 is 32.3 Å². The molecule has 0 saturated heterocycles. The van der Waals surface area contributed by atoms with Gasteiger partial charge in [0.15, 0.2) is 0 Å². The predicted molar refractivity (Wildman–Crippen MR) is 65.0 cm³/mol. The van der Waals surface area contributed by atoms with Crippen LogP contribution in [0.2, 0.25) is 0 Å². The van der Waals surface area contributed by atoms with Gasteiger partial charge in [-0.1, -0.05) is 29.4 Å². The summed E-state index contributed by atoms with van der Waals surface area (Å²) >= 11 is 4.10. The van der Waals surface area contributed by atoms with E-state index < -0.39 is 8.80 Å². The van der Waals surface area contributed by atoms with Gasteiger partial charge in [-0.15, -0.1) is 0 Å². The van der Waals surface area contributed by atoms with E-state index in [2.05, 4.69) is 18.6 Å². The molecule has 0 bridgehead atoms. The lowest BCUT2D eigenvalue weighted by molar-refractivity contribution is 0.121.